The Hall–Kier alpha value is -4.20. The highest BCUT2D eigenvalue weighted by molar-refractivity contribution is 8.18. The largest absolute Gasteiger partial charge is 0.480 e. The summed E-state index contributed by atoms with van der Waals surface area (Å²) in [6, 6.07) is 24.1. The number of rotatable bonds is 8. The molecule has 1 heterocycles. The number of carbonyl (C=O) groups excluding carboxylic acids is 1. The van der Waals surface area contributed by atoms with Crippen LogP contribution in [0.15, 0.2) is 93.3 Å². The number of aliphatic carboxylic acids is 1. The number of allylic oxidation sites excluding steroid dienone is 1. The van der Waals surface area contributed by atoms with Crippen molar-refractivity contribution in [2.24, 2.45) is 4.99 Å². The molecular formula is C28H25N5O3S2. The first-order valence-electron chi connectivity index (χ1n) is 11.6. The van der Waals surface area contributed by atoms with Crippen molar-refractivity contribution >= 4 is 58.5 Å². The number of carbonyl (C=O) groups is 2. The number of thioether (sulfide) groups is 1. The standard InChI is InChI=1S/C28H25N5O3S2/c1-18(32(2)23-10-6-7-11-24(23)37)26-27(36)33(17-19-8-4-3-5-9-19)28(38-26)31-22-14-20(15-29)12-13-21(22)30-16-25(34)35/h3-14,30,37H,16-17H2,1-2H3,(H,34,35)/b26-18+,31-28?. The van der Waals surface area contributed by atoms with Gasteiger partial charge in [-0.15, -0.1) is 12.6 Å². The molecule has 3 aromatic carbocycles. The van der Waals surface area contributed by atoms with Crippen LogP contribution in [-0.4, -0.2) is 40.6 Å². The number of anilines is 2. The topological polar surface area (TPSA) is 109 Å². The fraction of sp³-hybridized carbons (Fsp3) is 0.143. The highest BCUT2D eigenvalue weighted by atomic mass is 32.2. The monoisotopic (exact) mass is 543 g/mol. The van der Waals surface area contributed by atoms with Gasteiger partial charge in [-0.3, -0.25) is 14.5 Å². The lowest BCUT2D eigenvalue weighted by atomic mass is 10.2. The van der Waals surface area contributed by atoms with Crippen LogP contribution in [0.4, 0.5) is 17.1 Å². The summed E-state index contributed by atoms with van der Waals surface area (Å²) < 4.78 is 0. The van der Waals surface area contributed by atoms with E-state index in [2.05, 4.69) is 24.0 Å². The molecule has 10 heteroatoms. The molecule has 8 nitrogen and oxygen atoms in total. The van der Waals surface area contributed by atoms with E-state index in [0.717, 1.165) is 21.8 Å². The van der Waals surface area contributed by atoms with Crippen LogP contribution in [0, 0.1) is 11.3 Å². The highest BCUT2D eigenvalue weighted by Crippen LogP contribution is 2.39. The van der Waals surface area contributed by atoms with Crippen LogP contribution in [0.5, 0.6) is 0 Å². The molecule has 0 aromatic heterocycles. The molecule has 1 amide bonds. The van der Waals surface area contributed by atoms with Crippen molar-refractivity contribution in [1.82, 2.24) is 4.90 Å². The maximum Gasteiger partial charge on any atom is 0.322 e. The van der Waals surface area contributed by atoms with Gasteiger partial charge in [-0.1, -0.05) is 42.5 Å². The number of nitrogens with zero attached hydrogens (tertiary/aromatic N) is 4. The van der Waals surface area contributed by atoms with Crippen molar-refractivity contribution in [3.8, 4) is 6.07 Å². The predicted octanol–water partition coefficient (Wildman–Crippen LogP) is 5.47. The van der Waals surface area contributed by atoms with Gasteiger partial charge in [0, 0.05) is 17.6 Å². The second kappa shape index (κ2) is 11.9. The van der Waals surface area contributed by atoms with Gasteiger partial charge in [-0.25, -0.2) is 4.99 Å². The molecule has 0 atom stereocenters. The summed E-state index contributed by atoms with van der Waals surface area (Å²) in [6.45, 7) is 1.85. The van der Waals surface area contributed by atoms with E-state index in [0.29, 0.717) is 33.6 Å². The number of carboxylic acid groups (broad SMARTS) is 1. The Kier molecular flexibility index (Phi) is 8.41. The van der Waals surface area contributed by atoms with E-state index in [9.17, 15) is 14.9 Å². The van der Waals surface area contributed by atoms with Gasteiger partial charge in [-0.2, -0.15) is 5.26 Å². The van der Waals surface area contributed by atoms with Gasteiger partial charge in [-0.05, 0) is 54.6 Å². The van der Waals surface area contributed by atoms with E-state index in [4.69, 9.17) is 10.1 Å². The Morgan fingerprint density at radius 2 is 1.87 bits per heavy atom. The maximum atomic E-state index is 13.8. The fourth-order valence-corrected chi connectivity index (χ4v) is 5.19. The molecule has 0 unspecified atom stereocenters. The zero-order chi connectivity index (χ0) is 27.2. The molecule has 0 bridgehead atoms. The first-order chi connectivity index (χ1) is 18.3. The Morgan fingerprint density at radius 3 is 2.55 bits per heavy atom. The van der Waals surface area contributed by atoms with Crippen molar-refractivity contribution < 1.29 is 14.7 Å². The summed E-state index contributed by atoms with van der Waals surface area (Å²) in [6.07, 6.45) is 0. The van der Waals surface area contributed by atoms with Gasteiger partial charge in [0.25, 0.3) is 5.91 Å². The van der Waals surface area contributed by atoms with Crippen LogP contribution in [0.2, 0.25) is 0 Å². The van der Waals surface area contributed by atoms with E-state index < -0.39 is 5.97 Å². The number of amidine groups is 1. The third-order valence-corrected chi connectivity index (χ3v) is 7.44. The first kappa shape index (κ1) is 26.9. The average molecular weight is 544 g/mol. The summed E-state index contributed by atoms with van der Waals surface area (Å²) >= 11 is 5.80. The van der Waals surface area contributed by atoms with Crippen LogP contribution in [0.25, 0.3) is 0 Å². The van der Waals surface area contributed by atoms with Crippen LogP contribution < -0.4 is 10.2 Å². The van der Waals surface area contributed by atoms with Gasteiger partial charge in [0.15, 0.2) is 5.17 Å². The number of carboxylic acids is 1. The summed E-state index contributed by atoms with van der Waals surface area (Å²) in [5.74, 6) is -1.23. The van der Waals surface area contributed by atoms with E-state index in [-0.39, 0.29) is 12.5 Å². The highest BCUT2D eigenvalue weighted by Gasteiger charge is 2.36. The number of thiol groups is 1. The summed E-state index contributed by atoms with van der Waals surface area (Å²) in [5, 5.41) is 21.8. The second-order valence-corrected chi connectivity index (χ2v) is 9.89. The molecule has 38 heavy (non-hydrogen) atoms. The number of hydrogen-bond donors (Lipinski definition) is 3. The fourth-order valence-electron chi connectivity index (χ4n) is 3.81. The van der Waals surface area contributed by atoms with Gasteiger partial charge >= 0.3 is 5.97 Å². The van der Waals surface area contributed by atoms with Crippen molar-refractivity contribution in [2.45, 2.75) is 18.4 Å². The second-order valence-electron chi connectivity index (χ2n) is 8.43. The van der Waals surface area contributed by atoms with E-state index in [1.165, 1.54) is 11.8 Å². The number of nitriles is 1. The van der Waals surface area contributed by atoms with Crippen LogP contribution in [0.3, 0.4) is 0 Å². The molecule has 1 saturated heterocycles. The lowest BCUT2D eigenvalue weighted by Gasteiger charge is -2.22. The Balaban J connectivity index is 1.79. The lowest BCUT2D eigenvalue weighted by molar-refractivity contribution is -0.135. The third-order valence-electron chi connectivity index (χ3n) is 5.89. The summed E-state index contributed by atoms with van der Waals surface area (Å²) in [4.78, 5) is 34.5. The molecule has 1 fully saturated rings. The minimum atomic E-state index is -1.03. The maximum absolute atomic E-state index is 13.8. The number of benzene rings is 3. The number of aliphatic imine (C=N–C) groups is 1. The molecule has 0 aliphatic carbocycles. The van der Waals surface area contributed by atoms with Crippen molar-refractivity contribution in [3.63, 3.8) is 0 Å². The number of hydrogen-bond acceptors (Lipinski definition) is 8. The molecule has 2 N–H and O–H groups in total. The Bertz CT molecular complexity index is 1480. The third kappa shape index (κ3) is 6.02. The van der Waals surface area contributed by atoms with Crippen LogP contribution >= 0.6 is 24.4 Å². The molecule has 0 spiro atoms. The minimum Gasteiger partial charge on any atom is -0.480 e. The molecule has 192 valence electrons. The number of amides is 1. The quantitative estimate of drug-likeness (QED) is 0.255. The molecule has 0 radical (unpaired) electrons. The average Bonchev–Trinajstić information content (AvgIpc) is 3.22. The van der Waals surface area contributed by atoms with Gasteiger partial charge in [0.1, 0.15) is 6.54 Å². The predicted molar refractivity (Wildman–Crippen MR) is 154 cm³/mol. The summed E-state index contributed by atoms with van der Waals surface area (Å²) in [7, 11) is 1.88. The zero-order valence-corrected chi connectivity index (χ0v) is 22.5. The first-order valence-corrected chi connectivity index (χ1v) is 12.9. The molecule has 1 aliphatic rings. The van der Waals surface area contributed by atoms with E-state index in [1.807, 2.05) is 73.5 Å². The smallest absolute Gasteiger partial charge is 0.322 e. The molecule has 3 aromatic rings. The van der Waals surface area contributed by atoms with Crippen LogP contribution in [-0.2, 0) is 16.1 Å². The van der Waals surface area contributed by atoms with E-state index >= 15 is 0 Å². The Labute approximate surface area is 230 Å². The zero-order valence-electron chi connectivity index (χ0n) is 20.8. The van der Waals surface area contributed by atoms with E-state index in [1.54, 1.807) is 23.1 Å². The molecule has 1 aliphatic heterocycles. The number of para-hydroxylation sites is 1. The SMILES string of the molecule is C/C(=C1\SC(=Nc2cc(C#N)ccc2NCC(=O)O)N(Cc2ccccc2)C1=O)N(C)c1ccccc1S. The van der Waals surface area contributed by atoms with Crippen molar-refractivity contribution in [1.29, 1.82) is 5.26 Å². The lowest BCUT2D eigenvalue weighted by Crippen LogP contribution is -2.29. The van der Waals surface area contributed by atoms with Gasteiger partial charge < -0.3 is 15.3 Å². The molecule has 4 rings (SSSR count). The van der Waals surface area contributed by atoms with Crippen LogP contribution in [0.1, 0.15) is 18.1 Å². The van der Waals surface area contributed by atoms with Gasteiger partial charge in [0.2, 0.25) is 0 Å². The van der Waals surface area contributed by atoms with Crippen molar-refractivity contribution in [3.05, 3.63) is 94.5 Å². The summed E-state index contributed by atoms with van der Waals surface area (Å²) in [5.41, 5.74) is 3.70. The molecule has 0 saturated carbocycles. The minimum absolute atomic E-state index is 0.199. The Morgan fingerprint density at radius 1 is 1.16 bits per heavy atom. The van der Waals surface area contributed by atoms with Crippen molar-refractivity contribution in [2.75, 3.05) is 23.8 Å². The normalized spacial score (nSPS) is 15.4. The van der Waals surface area contributed by atoms with Gasteiger partial charge in [0.05, 0.1) is 40.1 Å². The number of nitrogens with one attached hydrogen (secondary N) is 1. The molecular weight excluding hydrogens is 518 g/mol.